The highest BCUT2D eigenvalue weighted by Crippen LogP contribution is 2.14. The van der Waals surface area contributed by atoms with Gasteiger partial charge in [-0.25, -0.2) is 9.67 Å². The van der Waals surface area contributed by atoms with Crippen LogP contribution in [-0.2, 0) is 0 Å². The van der Waals surface area contributed by atoms with E-state index in [4.69, 9.17) is 0 Å². The normalized spacial score (nSPS) is 14.6. The molecule has 25 heavy (non-hydrogen) atoms. The second-order valence-electron chi connectivity index (χ2n) is 5.82. The number of benzene rings is 1. The predicted octanol–water partition coefficient (Wildman–Crippen LogP) is 1.62. The van der Waals surface area contributed by atoms with Crippen molar-refractivity contribution in [1.82, 2.24) is 24.6 Å². The lowest BCUT2D eigenvalue weighted by molar-refractivity contribution is 0.0740. The fourth-order valence-electron chi connectivity index (χ4n) is 2.92. The van der Waals surface area contributed by atoms with E-state index >= 15 is 0 Å². The summed E-state index contributed by atoms with van der Waals surface area (Å²) in [6, 6.07) is 11.5. The van der Waals surface area contributed by atoms with Gasteiger partial charge in [0.2, 0.25) is 0 Å². The quantitative estimate of drug-likeness (QED) is 0.728. The number of para-hydroxylation sites is 1. The number of hydrogen-bond donors (Lipinski definition) is 0. The Labute approximate surface area is 145 Å². The largest absolute Gasteiger partial charge is 0.352 e. The van der Waals surface area contributed by atoms with Crippen LogP contribution in [0.1, 0.15) is 10.5 Å². The van der Waals surface area contributed by atoms with E-state index < -0.39 is 0 Å². The van der Waals surface area contributed by atoms with Crippen molar-refractivity contribution in [3.05, 3.63) is 66.9 Å². The van der Waals surface area contributed by atoms with Crippen LogP contribution in [0.2, 0.25) is 0 Å². The van der Waals surface area contributed by atoms with E-state index in [1.165, 1.54) is 0 Å². The van der Waals surface area contributed by atoms with Gasteiger partial charge in [-0.3, -0.25) is 9.78 Å². The van der Waals surface area contributed by atoms with Crippen LogP contribution in [0.15, 0.2) is 61.2 Å². The van der Waals surface area contributed by atoms with Gasteiger partial charge < -0.3 is 9.80 Å². The Kier molecular flexibility index (Phi) is 4.12. The summed E-state index contributed by atoms with van der Waals surface area (Å²) >= 11 is 0. The molecule has 0 saturated carbocycles. The van der Waals surface area contributed by atoms with E-state index in [0.29, 0.717) is 18.8 Å². The lowest BCUT2D eigenvalue weighted by atomic mass is 10.3. The number of aromatic nitrogens is 4. The average molecular weight is 334 g/mol. The molecule has 0 atom stereocenters. The molecule has 1 saturated heterocycles. The van der Waals surface area contributed by atoms with E-state index in [1.807, 2.05) is 41.4 Å². The lowest BCUT2D eigenvalue weighted by Gasteiger charge is -2.34. The second-order valence-corrected chi connectivity index (χ2v) is 5.82. The molecule has 2 aromatic heterocycles. The highest BCUT2D eigenvalue weighted by molar-refractivity contribution is 5.92. The van der Waals surface area contributed by atoms with Gasteiger partial charge in [0.15, 0.2) is 5.69 Å². The van der Waals surface area contributed by atoms with E-state index in [0.717, 1.165) is 24.6 Å². The third-order valence-electron chi connectivity index (χ3n) is 4.27. The molecule has 7 nitrogen and oxygen atoms in total. The van der Waals surface area contributed by atoms with Crippen LogP contribution in [0.4, 0.5) is 5.82 Å². The third kappa shape index (κ3) is 3.21. The summed E-state index contributed by atoms with van der Waals surface area (Å²) in [5.41, 5.74) is 1.41. The van der Waals surface area contributed by atoms with Gasteiger partial charge in [-0.05, 0) is 18.2 Å². The van der Waals surface area contributed by atoms with E-state index in [1.54, 1.807) is 29.3 Å². The number of carbonyl (C=O) groups is 1. The van der Waals surface area contributed by atoms with Gasteiger partial charge in [0.05, 0.1) is 11.9 Å². The summed E-state index contributed by atoms with van der Waals surface area (Å²) in [7, 11) is 0. The maximum atomic E-state index is 12.7. The molecule has 0 unspecified atom stereocenters. The van der Waals surface area contributed by atoms with Crippen LogP contribution in [0.3, 0.4) is 0 Å². The number of anilines is 1. The van der Waals surface area contributed by atoms with Gasteiger partial charge in [-0.15, -0.1) is 0 Å². The predicted molar refractivity (Wildman–Crippen MR) is 93.7 cm³/mol. The Morgan fingerprint density at radius 3 is 2.48 bits per heavy atom. The zero-order valence-electron chi connectivity index (χ0n) is 13.7. The minimum atomic E-state index is -0.0338. The van der Waals surface area contributed by atoms with Crippen molar-refractivity contribution in [2.24, 2.45) is 0 Å². The number of carbonyl (C=O) groups excluding carboxylic acids is 1. The zero-order chi connectivity index (χ0) is 17.1. The molecule has 4 rings (SSSR count). The van der Waals surface area contributed by atoms with Crippen molar-refractivity contribution in [3.8, 4) is 5.69 Å². The number of amides is 1. The molecule has 0 bridgehead atoms. The van der Waals surface area contributed by atoms with Crippen molar-refractivity contribution in [2.75, 3.05) is 31.1 Å². The monoisotopic (exact) mass is 334 g/mol. The van der Waals surface area contributed by atoms with Crippen LogP contribution in [0.5, 0.6) is 0 Å². The molecule has 0 N–H and O–H groups in total. The molecule has 0 aliphatic carbocycles. The lowest BCUT2D eigenvalue weighted by Crippen LogP contribution is -2.49. The standard InChI is InChI=1S/C18H18N6O/c25-18(16-6-9-24(21-16)15-4-2-1-3-5-15)23-12-10-22(11-13-23)17-14-19-7-8-20-17/h1-9,14H,10-13H2. The van der Waals surface area contributed by atoms with Crippen molar-refractivity contribution >= 4 is 11.7 Å². The van der Waals surface area contributed by atoms with Crippen molar-refractivity contribution < 1.29 is 4.79 Å². The molecule has 0 radical (unpaired) electrons. The van der Waals surface area contributed by atoms with Crippen molar-refractivity contribution in [2.45, 2.75) is 0 Å². The Balaban J connectivity index is 1.42. The molecule has 1 amide bonds. The summed E-state index contributed by atoms with van der Waals surface area (Å²) < 4.78 is 1.73. The molecule has 126 valence electrons. The molecule has 1 aliphatic heterocycles. The van der Waals surface area contributed by atoms with Crippen LogP contribution < -0.4 is 4.90 Å². The first-order valence-electron chi connectivity index (χ1n) is 8.22. The summed E-state index contributed by atoms with van der Waals surface area (Å²) in [5, 5.41) is 4.42. The zero-order valence-corrected chi connectivity index (χ0v) is 13.7. The topological polar surface area (TPSA) is 67.2 Å². The molecule has 3 heterocycles. The summed E-state index contributed by atoms with van der Waals surface area (Å²) in [4.78, 5) is 25.1. The Bertz CT molecular complexity index is 840. The number of hydrogen-bond acceptors (Lipinski definition) is 5. The Hall–Kier alpha value is -3.22. The third-order valence-corrected chi connectivity index (χ3v) is 4.27. The SMILES string of the molecule is O=C(c1ccn(-c2ccccc2)n1)N1CCN(c2cnccn2)CC1. The second kappa shape index (κ2) is 6.72. The minimum Gasteiger partial charge on any atom is -0.352 e. The van der Waals surface area contributed by atoms with Crippen LogP contribution >= 0.6 is 0 Å². The van der Waals surface area contributed by atoms with Crippen molar-refractivity contribution in [3.63, 3.8) is 0 Å². The molecule has 3 aromatic rings. The van der Waals surface area contributed by atoms with Gasteiger partial charge in [-0.1, -0.05) is 18.2 Å². The van der Waals surface area contributed by atoms with Gasteiger partial charge >= 0.3 is 0 Å². The first-order valence-corrected chi connectivity index (χ1v) is 8.22. The molecule has 1 aliphatic rings. The van der Waals surface area contributed by atoms with E-state index in [9.17, 15) is 4.79 Å². The fourth-order valence-corrected chi connectivity index (χ4v) is 2.92. The van der Waals surface area contributed by atoms with Gasteiger partial charge in [-0.2, -0.15) is 5.10 Å². The first-order chi connectivity index (χ1) is 12.3. The number of piperazine rings is 1. The van der Waals surface area contributed by atoms with Crippen LogP contribution in [0.25, 0.3) is 5.69 Å². The van der Waals surface area contributed by atoms with Gasteiger partial charge in [0.25, 0.3) is 5.91 Å². The average Bonchev–Trinajstić information content (AvgIpc) is 3.19. The smallest absolute Gasteiger partial charge is 0.274 e. The Morgan fingerprint density at radius 1 is 0.960 bits per heavy atom. The van der Waals surface area contributed by atoms with Crippen LogP contribution in [0, 0.1) is 0 Å². The molecular weight excluding hydrogens is 316 g/mol. The molecular formula is C18H18N6O. The van der Waals surface area contributed by atoms with E-state index in [2.05, 4.69) is 20.0 Å². The summed E-state index contributed by atoms with van der Waals surface area (Å²) in [6.07, 6.45) is 6.91. The maximum Gasteiger partial charge on any atom is 0.274 e. The highest BCUT2D eigenvalue weighted by atomic mass is 16.2. The van der Waals surface area contributed by atoms with Crippen LogP contribution in [-0.4, -0.2) is 56.7 Å². The number of rotatable bonds is 3. The maximum absolute atomic E-state index is 12.7. The first kappa shape index (κ1) is 15.3. The number of nitrogens with zero attached hydrogens (tertiary/aromatic N) is 6. The molecule has 1 fully saturated rings. The van der Waals surface area contributed by atoms with E-state index in [-0.39, 0.29) is 5.91 Å². The van der Waals surface area contributed by atoms with Gasteiger partial charge in [0.1, 0.15) is 5.82 Å². The molecule has 1 aromatic carbocycles. The molecule has 7 heteroatoms. The summed E-state index contributed by atoms with van der Waals surface area (Å²) in [6.45, 7) is 2.77. The van der Waals surface area contributed by atoms with Crippen molar-refractivity contribution in [1.29, 1.82) is 0 Å². The fraction of sp³-hybridized carbons (Fsp3) is 0.222. The highest BCUT2D eigenvalue weighted by Gasteiger charge is 2.24. The van der Waals surface area contributed by atoms with Gasteiger partial charge in [0, 0.05) is 44.8 Å². The molecule has 0 spiro atoms. The Morgan fingerprint density at radius 2 is 1.76 bits per heavy atom. The summed E-state index contributed by atoms with van der Waals surface area (Å²) in [5.74, 6) is 0.816. The minimum absolute atomic E-state index is 0.0338.